The fourth-order valence-electron chi connectivity index (χ4n) is 1.84. The number of carboxylic acid groups (broad SMARTS) is 1. The Bertz CT molecular complexity index is 250. The summed E-state index contributed by atoms with van der Waals surface area (Å²) in [5, 5.41) is 11.1. The van der Waals surface area contributed by atoms with Crippen LogP contribution < -0.4 is 5.32 Å². The van der Waals surface area contributed by atoms with E-state index in [1.165, 1.54) is 19.8 Å². The van der Waals surface area contributed by atoms with E-state index in [0.29, 0.717) is 6.42 Å². The summed E-state index contributed by atoms with van der Waals surface area (Å²) in [7, 11) is 0. The second kappa shape index (κ2) is 6.48. The van der Waals surface area contributed by atoms with Gasteiger partial charge < -0.3 is 15.3 Å². The normalized spacial score (nSPS) is 18.3. The molecule has 5 nitrogen and oxygen atoms in total. The molecule has 2 N–H and O–H groups in total. The SMILES string of the molecule is CC(NC(=O)CCCN1CCCC1)C(=O)O. The first-order valence-electron chi connectivity index (χ1n) is 5.84. The first-order chi connectivity index (χ1) is 7.59. The highest BCUT2D eigenvalue weighted by Gasteiger charge is 2.15. The highest BCUT2D eigenvalue weighted by atomic mass is 16.4. The van der Waals surface area contributed by atoms with Crippen LogP contribution in [-0.4, -0.2) is 47.6 Å². The Balaban J connectivity index is 2.07. The van der Waals surface area contributed by atoms with Crippen LogP contribution in [-0.2, 0) is 9.59 Å². The number of carboxylic acids is 1. The first kappa shape index (κ1) is 13.0. The lowest BCUT2D eigenvalue weighted by atomic mass is 10.2. The van der Waals surface area contributed by atoms with E-state index in [1.54, 1.807) is 0 Å². The van der Waals surface area contributed by atoms with Crippen LogP contribution in [0.2, 0.25) is 0 Å². The van der Waals surface area contributed by atoms with E-state index in [0.717, 1.165) is 26.1 Å². The first-order valence-corrected chi connectivity index (χ1v) is 5.84. The molecule has 0 aromatic carbocycles. The number of nitrogens with one attached hydrogen (secondary N) is 1. The highest BCUT2D eigenvalue weighted by molar-refractivity contribution is 5.83. The van der Waals surface area contributed by atoms with Crippen LogP contribution >= 0.6 is 0 Å². The van der Waals surface area contributed by atoms with Gasteiger partial charge in [0.15, 0.2) is 0 Å². The van der Waals surface area contributed by atoms with Crippen molar-refractivity contribution < 1.29 is 14.7 Å². The Hall–Kier alpha value is -1.10. The zero-order valence-corrected chi connectivity index (χ0v) is 9.74. The summed E-state index contributed by atoms with van der Waals surface area (Å²) in [6, 6.07) is -0.792. The third kappa shape index (κ3) is 4.61. The standard InChI is InChI=1S/C11H20N2O3/c1-9(11(15)16)12-10(14)5-4-8-13-6-2-3-7-13/h9H,2-8H2,1H3,(H,12,14)(H,15,16). The number of carbonyl (C=O) groups excluding carboxylic acids is 1. The topological polar surface area (TPSA) is 69.6 Å². The van der Waals surface area contributed by atoms with Crippen molar-refractivity contribution in [1.29, 1.82) is 0 Å². The summed E-state index contributed by atoms with van der Waals surface area (Å²) in [6.45, 7) is 4.68. The Morgan fingerprint density at radius 3 is 2.56 bits per heavy atom. The van der Waals surface area contributed by atoms with Gasteiger partial charge >= 0.3 is 5.97 Å². The van der Waals surface area contributed by atoms with Gasteiger partial charge in [0.1, 0.15) is 6.04 Å². The second-order valence-electron chi connectivity index (χ2n) is 4.28. The number of carbonyl (C=O) groups is 2. The Labute approximate surface area is 95.8 Å². The number of aliphatic carboxylic acids is 1. The molecule has 0 radical (unpaired) electrons. The van der Waals surface area contributed by atoms with Crippen LogP contribution in [0.1, 0.15) is 32.6 Å². The van der Waals surface area contributed by atoms with Crippen LogP contribution in [0.25, 0.3) is 0 Å². The molecule has 92 valence electrons. The van der Waals surface area contributed by atoms with Gasteiger partial charge in [-0.1, -0.05) is 0 Å². The molecule has 1 rings (SSSR count). The fraction of sp³-hybridized carbons (Fsp3) is 0.818. The number of hydrogen-bond acceptors (Lipinski definition) is 3. The molecule has 0 spiro atoms. The van der Waals surface area contributed by atoms with E-state index in [-0.39, 0.29) is 5.91 Å². The molecule has 0 aromatic rings. The molecule has 1 atom stereocenters. The van der Waals surface area contributed by atoms with Gasteiger partial charge in [0.2, 0.25) is 5.91 Å². The Morgan fingerprint density at radius 1 is 1.38 bits per heavy atom. The molecule has 0 aromatic heterocycles. The minimum absolute atomic E-state index is 0.172. The zero-order chi connectivity index (χ0) is 12.0. The van der Waals surface area contributed by atoms with Crippen molar-refractivity contribution in [2.45, 2.75) is 38.6 Å². The van der Waals surface area contributed by atoms with Gasteiger partial charge in [-0.05, 0) is 45.8 Å². The second-order valence-corrected chi connectivity index (χ2v) is 4.28. The van der Waals surface area contributed by atoms with Crippen LogP contribution in [0.15, 0.2) is 0 Å². The van der Waals surface area contributed by atoms with Crippen LogP contribution in [0.3, 0.4) is 0 Å². The third-order valence-corrected chi connectivity index (χ3v) is 2.82. The largest absolute Gasteiger partial charge is 0.480 e. The summed E-state index contributed by atoms with van der Waals surface area (Å²) in [5.74, 6) is -1.16. The van der Waals surface area contributed by atoms with Crippen molar-refractivity contribution in [3.63, 3.8) is 0 Å². The average Bonchev–Trinajstić information content (AvgIpc) is 2.70. The number of rotatable bonds is 6. The molecule has 16 heavy (non-hydrogen) atoms. The molecule has 1 unspecified atom stereocenters. The quantitative estimate of drug-likeness (QED) is 0.692. The van der Waals surface area contributed by atoms with Gasteiger partial charge in [0.25, 0.3) is 0 Å². The van der Waals surface area contributed by atoms with Gasteiger partial charge in [-0.25, -0.2) is 0 Å². The van der Waals surface area contributed by atoms with E-state index < -0.39 is 12.0 Å². The van der Waals surface area contributed by atoms with Gasteiger partial charge in [-0.3, -0.25) is 9.59 Å². The Morgan fingerprint density at radius 2 is 2.00 bits per heavy atom. The lowest BCUT2D eigenvalue weighted by Crippen LogP contribution is -2.38. The highest BCUT2D eigenvalue weighted by Crippen LogP contribution is 2.08. The average molecular weight is 228 g/mol. The minimum atomic E-state index is -0.993. The molecular weight excluding hydrogens is 208 g/mol. The molecule has 1 aliphatic rings. The predicted molar refractivity (Wildman–Crippen MR) is 60.1 cm³/mol. The zero-order valence-electron chi connectivity index (χ0n) is 9.74. The lowest BCUT2D eigenvalue weighted by Gasteiger charge is -2.14. The van der Waals surface area contributed by atoms with Gasteiger partial charge in [-0.15, -0.1) is 0 Å². The number of amides is 1. The van der Waals surface area contributed by atoms with Gasteiger partial charge in [0.05, 0.1) is 0 Å². The number of nitrogens with zero attached hydrogens (tertiary/aromatic N) is 1. The summed E-state index contributed by atoms with van der Waals surface area (Å²) >= 11 is 0. The molecule has 5 heteroatoms. The predicted octanol–water partition coefficient (Wildman–Crippen LogP) is 0.452. The van der Waals surface area contributed by atoms with Crippen molar-refractivity contribution in [1.82, 2.24) is 10.2 Å². The number of likely N-dealkylation sites (tertiary alicyclic amines) is 1. The summed E-state index contributed by atoms with van der Waals surface area (Å²) < 4.78 is 0. The maximum Gasteiger partial charge on any atom is 0.325 e. The van der Waals surface area contributed by atoms with Crippen molar-refractivity contribution in [3.8, 4) is 0 Å². The lowest BCUT2D eigenvalue weighted by molar-refractivity contribution is -0.141. The van der Waals surface area contributed by atoms with Crippen LogP contribution in [0, 0.1) is 0 Å². The fourth-order valence-corrected chi connectivity index (χ4v) is 1.84. The van der Waals surface area contributed by atoms with E-state index >= 15 is 0 Å². The van der Waals surface area contributed by atoms with Gasteiger partial charge in [-0.2, -0.15) is 0 Å². The molecular formula is C11H20N2O3. The molecule has 0 aliphatic carbocycles. The summed E-state index contributed by atoms with van der Waals surface area (Å²) in [4.78, 5) is 24.2. The third-order valence-electron chi connectivity index (χ3n) is 2.82. The van der Waals surface area contributed by atoms with E-state index in [2.05, 4.69) is 10.2 Å². The summed E-state index contributed by atoms with van der Waals surface area (Å²) in [6.07, 6.45) is 3.72. The minimum Gasteiger partial charge on any atom is -0.480 e. The Kier molecular flexibility index (Phi) is 5.25. The van der Waals surface area contributed by atoms with Crippen molar-refractivity contribution >= 4 is 11.9 Å². The molecule has 1 fully saturated rings. The smallest absolute Gasteiger partial charge is 0.325 e. The van der Waals surface area contributed by atoms with Gasteiger partial charge in [0, 0.05) is 6.42 Å². The van der Waals surface area contributed by atoms with E-state index in [1.807, 2.05) is 0 Å². The maximum atomic E-state index is 11.3. The van der Waals surface area contributed by atoms with Crippen molar-refractivity contribution in [3.05, 3.63) is 0 Å². The van der Waals surface area contributed by atoms with Crippen molar-refractivity contribution in [2.24, 2.45) is 0 Å². The molecule has 0 bridgehead atoms. The number of hydrogen-bond donors (Lipinski definition) is 2. The van der Waals surface area contributed by atoms with Crippen LogP contribution in [0.5, 0.6) is 0 Å². The van der Waals surface area contributed by atoms with Crippen LogP contribution in [0.4, 0.5) is 0 Å². The van der Waals surface area contributed by atoms with E-state index in [9.17, 15) is 9.59 Å². The molecule has 1 saturated heterocycles. The maximum absolute atomic E-state index is 11.3. The summed E-state index contributed by atoms with van der Waals surface area (Å²) in [5.41, 5.74) is 0. The van der Waals surface area contributed by atoms with Crippen molar-refractivity contribution in [2.75, 3.05) is 19.6 Å². The molecule has 1 amide bonds. The van der Waals surface area contributed by atoms with E-state index in [4.69, 9.17) is 5.11 Å². The molecule has 1 heterocycles. The monoisotopic (exact) mass is 228 g/mol. The molecule has 1 aliphatic heterocycles. The molecule has 0 saturated carbocycles.